The van der Waals surface area contributed by atoms with E-state index in [1.807, 2.05) is 0 Å². The van der Waals surface area contributed by atoms with Crippen molar-refractivity contribution < 1.29 is 23.7 Å². The van der Waals surface area contributed by atoms with Gasteiger partial charge in [-0.1, -0.05) is 5.11 Å². The van der Waals surface area contributed by atoms with Crippen molar-refractivity contribution in [1.82, 2.24) is 0 Å². The van der Waals surface area contributed by atoms with Crippen molar-refractivity contribution in [3.63, 3.8) is 0 Å². The Kier molecular flexibility index (Phi) is 2.05. The van der Waals surface area contributed by atoms with E-state index in [-0.39, 0.29) is 30.4 Å². The van der Waals surface area contributed by atoms with Gasteiger partial charge in [0.1, 0.15) is 36.4 Å². The van der Waals surface area contributed by atoms with Crippen molar-refractivity contribution in [2.24, 2.45) is 20.5 Å². The Hall–Kier alpha value is -1.45. The van der Waals surface area contributed by atoms with Crippen molar-refractivity contribution in [2.75, 3.05) is 7.11 Å². The molecule has 0 aromatic rings. The van der Waals surface area contributed by atoms with E-state index in [0.717, 1.165) is 0 Å². The summed E-state index contributed by atoms with van der Waals surface area (Å²) in [6, 6.07) is -0.772. The van der Waals surface area contributed by atoms with Gasteiger partial charge < -0.3 is 18.9 Å². The third-order valence-corrected chi connectivity index (χ3v) is 3.61. The quantitative estimate of drug-likeness (QED) is 0.624. The average Bonchev–Trinajstić information content (AvgIpc) is 2.78. The van der Waals surface area contributed by atoms with Gasteiger partial charge in [-0.15, -0.1) is 0 Å². The Labute approximate surface area is 101 Å². The molecule has 5 rings (SSSR count). The largest absolute Gasteiger partial charge is 0.451 e. The van der Waals surface area contributed by atoms with Gasteiger partial charge in [-0.05, 0) is 0 Å². The van der Waals surface area contributed by atoms with Crippen LogP contribution in [0.1, 0.15) is 0 Å². The molecule has 0 radical (unpaired) electrons. The molecule has 5 aliphatic rings. The molecular weight excluding hydrogens is 244 g/mol. The molecule has 96 valence electrons. The molecule has 0 aromatic heterocycles. The molecule has 4 aliphatic heterocycles. The van der Waals surface area contributed by atoms with Crippen LogP contribution in [0.3, 0.4) is 0 Å². The lowest BCUT2D eigenvalue weighted by Crippen LogP contribution is -2.71. The number of carbonyl (C=O) groups is 1. The Morgan fingerprint density at radius 1 is 1.11 bits per heavy atom. The summed E-state index contributed by atoms with van der Waals surface area (Å²) in [4.78, 5) is 11.0. The van der Waals surface area contributed by atoms with Crippen LogP contribution in [-0.2, 0) is 18.9 Å². The summed E-state index contributed by atoms with van der Waals surface area (Å²) in [6.45, 7) is -0.675. The van der Waals surface area contributed by atoms with E-state index in [9.17, 15) is 4.79 Å². The Bertz CT molecular complexity index is 430. The average molecular weight is 254 g/mol. The van der Waals surface area contributed by atoms with Crippen molar-refractivity contribution in [3.8, 4) is 0 Å². The number of azo groups is 2. The van der Waals surface area contributed by atoms with Crippen LogP contribution in [0.15, 0.2) is 20.5 Å². The van der Waals surface area contributed by atoms with Crippen molar-refractivity contribution in [3.05, 3.63) is 0 Å². The number of amides is 1. The van der Waals surface area contributed by atoms with Gasteiger partial charge in [0.15, 0.2) is 0 Å². The molecule has 1 aliphatic carbocycles. The second kappa shape index (κ2) is 3.53. The molecule has 1 amide bonds. The highest BCUT2D eigenvalue weighted by Crippen LogP contribution is 2.46. The first kappa shape index (κ1) is 10.5. The zero-order valence-corrected chi connectivity index (χ0v) is 9.37. The summed E-state index contributed by atoms with van der Waals surface area (Å²) in [5.41, 5.74) is 0. The van der Waals surface area contributed by atoms with E-state index in [4.69, 9.17) is 14.2 Å². The van der Waals surface area contributed by atoms with Crippen molar-refractivity contribution >= 4 is 6.09 Å². The SMILES string of the molecule is COC(=O)N=NC1[C@H]2OC3OC4[C@H]2N=N[C@H]4[C@H]1O3. The van der Waals surface area contributed by atoms with Crippen LogP contribution in [0.5, 0.6) is 0 Å². The summed E-state index contributed by atoms with van der Waals surface area (Å²) in [7, 11) is 1.24. The molecule has 7 atom stereocenters. The third kappa shape index (κ3) is 1.23. The van der Waals surface area contributed by atoms with Crippen LogP contribution in [0.2, 0.25) is 0 Å². The highest BCUT2D eigenvalue weighted by Gasteiger charge is 2.65. The lowest BCUT2D eigenvalue weighted by molar-refractivity contribution is -0.430. The van der Waals surface area contributed by atoms with Gasteiger partial charge in [0.25, 0.3) is 6.48 Å². The number of carbonyl (C=O) groups excluding carboxylic acids is 1. The minimum absolute atomic E-state index is 0.0999. The number of methoxy groups -OCH3 is 1. The van der Waals surface area contributed by atoms with E-state index in [1.165, 1.54) is 7.11 Å². The van der Waals surface area contributed by atoms with E-state index in [0.29, 0.717) is 0 Å². The molecule has 3 unspecified atom stereocenters. The number of hydrogen-bond acceptors (Lipinski definition) is 8. The van der Waals surface area contributed by atoms with Gasteiger partial charge in [0.05, 0.1) is 7.11 Å². The molecule has 9 heteroatoms. The van der Waals surface area contributed by atoms with Crippen LogP contribution in [0.4, 0.5) is 4.79 Å². The zero-order chi connectivity index (χ0) is 12.3. The molecule has 18 heavy (non-hydrogen) atoms. The van der Waals surface area contributed by atoms with Crippen LogP contribution in [0.25, 0.3) is 0 Å². The second-order valence-electron chi connectivity index (χ2n) is 4.48. The van der Waals surface area contributed by atoms with E-state index in [1.54, 1.807) is 0 Å². The molecule has 4 heterocycles. The third-order valence-electron chi connectivity index (χ3n) is 3.61. The molecular formula is C9H10N4O5. The van der Waals surface area contributed by atoms with E-state index in [2.05, 4.69) is 25.2 Å². The molecule has 0 spiro atoms. The first-order chi connectivity index (χ1) is 8.78. The summed E-state index contributed by atoms with van der Waals surface area (Å²) in [5.74, 6) is 0. The van der Waals surface area contributed by atoms with Gasteiger partial charge in [0, 0.05) is 0 Å². The molecule has 4 fully saturated rings. The molecule has 0 aromatic carbocycles. The minimum atomic E-state index is -0.749. The van der Waals surface area contributed by atoms with Crippen LogP contribution in [-0.4, -0.2) is 56.1 Å². The maximum atomic E-state index is 11.0. The maximum Gasteiger partial charge on any atom is 0.451 e. The lowest BCUT2D eigenvalue weighted by atomic mass is 9.80. The fourth-order valence-electron chi connectivity index (χ4n) is 2.83. The number of nitrogens with zero attached hydrogens (tertiary/aromatic N) is 4. The van der Waals surface area contributed by atoms with E-state index >= 15 is 0 Å². The molecule has 1 saturated carbocycles. The maximum absolute atomic E-state index is 11.0. The lowest BCUT2D eigenvalue weighted by Gasteiger charge is -2.52. The van der Waals surface area contributed by atoms with Crippen LogP contribution in [0, 0.1) is 0 Å². The monoisotopic (exact) mass is 254 g/mol. The summed E-state index contributed by atoms with van der Waals surface area (Å²) in [6.07, 6.45) is -1.45. The number of hydrogen-bond donors (Lipinski definition) is 0. The Morgan fingerprint density at radius 3 is 2.33 bits per heavy atom. The van der Waals surface area contributed by atoms with E-state index < -0.39 is 18.6 Å². The highest BCUT2D eigenvalue weighted by atomic mass is 16.9. The van der Waals surface area contributed by atoms with Crippen molar-refractivity contribution in [2.45, 2.75) is 42.9 Å². The zero-order valence-electron chi connectivity index (χ0n) is 9.37. The van der Waals surface area contributed by atoms with Gasteiger partial charge >= 0.3 is 6.09 Å². The van der Waals surface area contributed by atoms with Crippen LogP contribution >= 0.6 is 0 Å². The summed E-state index contributed by atoms with van der Waals surface area (Å²) < 4.78 is 21.0. The standard InChI is InChI=1S/C9H10N4O5/c1-15-8(14)13-12-4-6-2-5-3(11-10-2)7(4)18-9(16-5)17-6/h2-7,9H,1H3/t2-,3-,4?,5?,6-,7+,9?/m1/s1. The minimum Gasteiger partial charge on any atom is -0.450 e. The fourth-order valence-corrected chi connectivity index (χ4v) is 2.83. The highest BCUT2D eigenvalue weighted by molar-refractivity contribution is 5.67. The van der Waals surface area contributed by atoms with Crippen molar-refractivity contribution in [1.29, 1.82) is 0 Å². The Morgan fingerprint density at radius 2 is 1.72 bits per heavy atom. The van der Waals surface area contributed by atoms with Gasteiger partial charge in [0.2, 0.25) is 0 Å². The summed E-state index contributed by atoms with van der Waals surface area (Å²) >= 11 is 0. The summed E-state index contributed by atoms with van der Waals surface area (Å²) in [5, 5.41) is 15.7. The first-order valence-electron chi connectivity index (χ1n) is 5.63. The second-order valence-corrected chi connectivity index (χ2v) is 4.48. The van der Waals surface area contributed by atoms with Gasteiger partial charge in [-0.2, -0.15) is 15.3 Å². The van der Waals surface area contributed by atoms with Gasteiger partial charge in [-0.25, -0.2) is 4.79 Å². The molecule has 3 saturated heterocycles. The predicted octanol–water partition coefficient (Wildman–Crippen LogP) is 0.257. The molecule has 9 nitrogen and oxygen atoms in total. The van der Waals surface area contributed by atoms with Gasteiger partial charge in [-0.3, -0.25) is 0 Å². The normalized spacial score (nSPS) is 51.3. The molecule has 6 bridgehead atoms. The Balaban J connectivity index is 1.63. The first-order valence-corrected chi connectivity index (χ1v) is 5.63. The fraction of sp³-hybridized carbons (Fsp3) is 0.889. The number of ether oxygens (including phenoxy) is 4. The predicted molar refractivity (Wildman–Crippen MR) is 51.9 cm³/mol. The molecule has 0 N–H and O–H groups in total. The topological polar surface area (TPSA) is 103 Å². The number of rotatable bonds is 1. The smallest absolute Gasteiger partial charge is 0.450 e. The van der Waals surface area contributed by atoms with Crippen LogP contribution < -0.4 is 0 Å².